The predicted molar refractivity (Wildman–Crippen MR) is 109 cm³/mol. The molecule has 168 valence electrons. The fraction of sp³-hybridized carbons (Fsp3) is 0.222. The van der Waals surface area contributed by atoms with E-state index in [0.29, 0.717) is 21.6 Å². The highest BCUT2D eigenvalue weighted by Crippen LogP contribution is 2.36. The Morgan fingerprint density at radius 2 is 1.81 bits per heavy atom. The van der Waals surface area contributed by atoms with Crippen molar-refractivity contribution in [1.82, 2.24) is 0 Å². The molecule has 0 unspecified atom stereocenters. The van der Waals surface area contributed by atoms with Gasteiger partial charge in [0.1, 0.15) is 10.6 Å². The number of alkyl halides is 3. The first kappa shape index (κ1) is 24.5. The fourth-order valence-corrected chi connectivity index (χ4v) is 4.41. The van der Waals surface area contributed by atoms with Gasteiger partial charge in [-0.3, -0.25) is 9.52 Å². The number of benzene rings is 2. The highest BCUT2D eigenvalue weighted by Gasteiger charge is 2.38. The number of halogens is 4. The van der Waals surface area contributed by atoms with Crippen LogP contribution in [0.25, 0.3) is 0 Å². The summed E-state index contributed by atoms with van der Waals surface area (Å²) in [5.41, 5.74) is 2.99. The van der Waals surface area contributed by atoms with Gasteiger partial charge in [0, 0.05) is 16.2 Å². The lowest BCUT2D eigenvalue weighted by Crippen LogP contribution is -2.26. The van der Waals surface area contributed by atoms with Crippen LogP contribution in [0, 0.1) is 13.8 Å². The summed E-state index contributed by atoms with van der Waals surface area (Å²) in [6.07, 6.45) is -5.08. The van der Waals surface area contributed by atoms with Gasteiger partial charge in [0.2, 0.25) is 0 Å². The van der Waals surface area contributed by atoms with Crippen LogP contribution in [0.5, 0.6) is 5.75 Å². The lowest BCUT2D eigenvalue weighted by atomic mass is 10.1. The van der Waals surface area contributed by atoms with Crippen molar-refractivity contribution in [3.63, 3.8) is 0 Å². The van der Waals surface area contributed by atoms with Crippen molar-refractivity contribution in [1.29, 1.82) is 0 Å². The molecule has 3 N–H and O–H groups in total. The third kappa shape index (κ3) is 6.34. The maximum Gasteiger partial charge on any atom is 0.490 e. The molecule has 1 aliphatic rings. The van der Waals surface area contributed by atoms with Gasteiger partial charge < -0.3 is 15.2 Å². The number of amides is 1. The first-order chi connectivity index (χ1) is 14.2. The minimum absolute atomic E-state index is 0.0376. The Bertz CT molecular complexity index is 1140. The average Bonchev–Trinajstić information content (AvgIpc) is 2.63. The summed E-state index contributed by atoms with van der Waals surface area (Å²) in [6, 6.07) is 8.25. The van der Waals surface area contributed by atoms with Crippen molar-refractivity contribution in [2.75, 3.05) is 16.6 Å². The van der Waals surface area contributed by atoms with Gasteiger partial charge in [-0.1, -0.05) is 6.07 Å². The Morgan fingerprint density at radius 1 is 1.19 bits per heavy atom. The molecule has 2 aromatic carbocycles. The van der Waals surface area contributed by atoms with Gasteiger partial charge in [0.15, 0.2) is 6.61 Å². The lowest BCUT2D eigenvalue weighted by Gasteiger charge is -2.20. The number of rotatable bonds is 3. The number of carbonyl (C=O) groups is 2. The summed E-state index contributed by atoms with van der Waals surface area (Å²) in [5, 5.41) is 9.76. The standard InChI is InChI=1S/C16H15BrN2O4S.C2HF3O2/c1-9-3-4-11(5-10(9)2)19-24(21,22)15-7-14-13(6-12(15)17)18-16(20)8-23-14;3-2(4,5)1(6)7/h3-7,19H,8H2,1-2H3,(H,18,20);(H,6,7). The van der Waals surface area contributed by atoms with E-state index >= 15 is 0 Å². The molecule has 0 aliphatic carbocycles. The molecule has 0 aromatic heterocycles. The van der Waals surface area contributed by atoms with Gasteiger partial charge in [0.05, 0.1) is 5.69 Å². The molecule has 0 atom stereocenters. The van der Waals surface area contributed by atoms with Crippen LogP contribution in [0.3, 0.4) is 0 Å². The van der Waals surface area contributed by atoms with Crippen molar-refractivity contribution in [3.8, 4) is 5.75 Å². The highest BCUT2D eigenvalue weighted by molar-refractivity contribution is 9.10. The Kier molecular flexibility index (Phi) is 7.21. The second-order valence-corrected chi connectivity index (χ2v) is 8.83. The van der Waals surface area contributed by atoms with E-state index in [9.17, 15) is 26.4 Å². The molecule has 31 heavy (non-hydrogen) atoms. The van der Waals surface area contributed by atoms with E-state index in [1.165, 1.54) is 12.1 Å². The highest BCUT2D eigenvalue weighted by atomic mass is 79.9. The quantitative estimate of drug-likeness (QED) is 0.560. The summed E-state index contributed by atoms with van der Waals surface area (Å²) in [6.45, 7) is 3.73. The average molecular weight is 525 g/mol. The number of carboxylic acid groups (broad SMARTS) is 1. The number of hydrogen-bond donors (Lipinski definition) is 3. The predicted octanol–water partition coefficient (Wildman–Crippen LogP) is 3.83. The molecular formula is C18H16BrF3N2O6S. The number of sulfonamides is 1. The van der Waals surface area contributed by atoms with Crippen LogP contribution in [0.1, 0.15) is 11.1 Å². The SMILES string of the molecule is Cc1ccc(NS(=O)(=O)c2cc3c(cc2Br)NC(=O)CO3)cc1C.O=C(O)C(F)(F)F. The van der Waals surface area contributed by atoms with Crippen LogP contribution in [-0.4, -0.2) is 38.2 Å². The first-order valence-electron chi connectivity index (χ1n) is 8.37. The van der Waals surface area contributed by atoms with Gasteiger partial charge in [-0.25, -0.2) is 13.2 Å². The summed E-state index contributed by atoms with van der Waals surface area (Å²) in [5.74, 6) is -2.72. The van der Waals surface area contributed by atoms with E-state index in [4.69, 9.17) is 14.6 Å². The van der Waals surface area contributed by atoms with Gasteiger partial charge >= 0.3 is 12.1 Å². The second-order valence-electron chi connectivity index (χ2n) is 6.32. The number of hydrogen-bond acceptors (Lipinski definition) is 5. The Balaban J connectivity index is 0.000000423. The molecule has 8 nitrogen and oxygen atoms in total. The molecule has 0 fully saturated rings. The van der Waals surface area contributed by atoms with Crippen molar-refractivity contribution < 1.29 is 41.0 Å². The number of aliphatic carboxylic acids is 1. The number of carbonyl (C=O) groups excluding carboxylic acids is 1. The first-order valence-corrected chi connectivity index (χ1v) is 10.6. The lowest BCUT2D eigenvalue weighted by molar-refractivity contribution is -0.192. The molecule has 1 aliphatic heterocycles. The number of carboxylic acids is 1. The summed E-state index contributed by atoms with van der Waals surface area (Å²) < 4.78 is 65.3. The van der Waals surface area contributed by atoms with E-state index in [1.54, 1.807) is 12.1 Å². The molecule has 1 heterocycles. The van der Waals surface area contributed by atoms with Crippen molar-refractivity contribution in [2.45, 2.75) is 24.9 Å². The summed E-state index contributed by atoms with van der Waals surface area (Å²) in [4.78, 5) is 20.3. The van der Waals surface area contributed by atoms with Crippen LogP contribution < -0.4 is 14.8 Å². The molecular weight excluding hydrogens is 509 g/mol. The summed E-state index contributed by atoms with van der Waals surface area (Å²) >= 11 is 3.24. The third-order valence-corrected chi connectivity index (χ3v) is 6.30. The van der Waals surface area contributed by atoms with Crippen LogP contribution in [0.2, 0.25) is 0 Å². The molecule has 13 heteroatoms. The number of anilines is 2. The van der Waals surface area contributed by atoms with E-state index in [1.807, 2.05) is 19.9 Å². The number of ether oxygens (including phenoxy) is 1. The van der Waals surface area contributed by atoms with E-state index in [-0.39, 0.29) is 17.4 Å². The molecule has 0 radical (unpaired) electrons. The normalized spacial score (nSPS) is 13.2. The Labute approximate surface area is 183 Å². The Morgan fingerprint density at radius 3 is 2.35 bits per heavy atom. The van der Waals surface area contributed by atoms with Crippen LogP contribution in [0.15, 0.2) is 39.7 Å². The maximum atomic E-state index is 12.7. The van der Waals surface area contributed by atoms with Gasteiger partial charge in [-0.15, -0.1) is 0 Å². The number of aryl methyl sites for hydroxylation is 2. The second kappa shape index (κ2) is 9.14. The van der Waals surface area contributed by atoms with Crippen molar-refractivity contribution >= 4 is 49.2 Å². The van der Waals surface area contributed by atoms with Crippen LogP contribution in [-0.2, 0) is 19.6 Å². The van der Waals surface area contributed by atoms with Crippen molar-refractivity contribution in [2.24, 2.45) is 0 Å². The van der Waals surface area contributed by atoms with Crippen LogP contribution >= 0.6 is 15.9 Å². The largest absolute Gasteiger partial charge is 0.490 e. The molecule has 0 bridgehead atoms. The molecule has 0 spiro atoms. The smallest absolute Gasteiger partial charge is 0.482 e. The minimum Gasteiger partial charge on any atom is -0.482 e. The van der Waals surface area contributed by atoms with Crippen molar-refractivity contribution in [3.05, 3.63) is 45.9 Å². The van der Waals surface area contributed by atoms with Gasteiger partial charge in [0.25, 0.3) is 15.9 Å². The number of nitrogens with one attached hydrogen (secondary N) is 2. The zero-order chi connectivity index (χ0) is 23.6. The zero-order valence-electron chi connectivity index (χ0n) is 16.0. The maximum absolute atomic E-state index is 12.7. The van der Waals surface area contributed by atoms with E-state index < -0.39 is 22.2 Å². The monoisotopic (exact) mass is 524 g/mol. The fourth-order valence-electron chi connectivity index (χ4n) is 2.30. The third-order valence-electron chi connectivity index (χ3n) is 3.96. The topological polar surface area (TPSA) is 122 Å². The minimum atomic E-state index is -5.08. The molecule has 3 rings (SSSR count). The van der Waals surface area contributed by atoms with Gasteiger partial charge in [-0.2, -0.15) is 13.2 Å². The molecule has 0 saturated heterocycles. The zero-order valence-corrected chi connectivity index (χ0v) is 18.4. The molecule has 0 saturated carbocycles. The Hall–Kier alpha value is -2.80. The summed E-state index contributed by atoms with van der Waals surface area (Å²) in [7, 11) is -3.81. The van der Waals surface area contributed by atoms with Gasteiger partial charge in [-0.05, 0) is 59.1 Å². The van der Waals surface area contributed by atoms with Crippen LogP contribution in [0.4, 0.5) is 24.5 Å². The molecule has 2 aromatic rings. The number of fused-ring (bicyclic) bond motifs is 1. The van der Waals surface area contributed by atoms with E-state index in [0.717, 1.165) is 11.1 Å². The molecule has 1 amide bonds. The van der Waals surface area contributed by atoms with E-state index in [2.05, 4.69) is 26.0 Å².